The van der Waals surface area contributed by atoms with Crippen LogP contribution in [0.25, 0.3) is 0 Å². The second-order valence-corrected chi connectivity index (χ2v) is 6.06. The van der Waals surface area contributed by atoms with Gasteiger partial charge in [0.2, 0.25) is 0 Å². The molecule has 23 heavy (non-hydrogen) atoms. The summed E-state index contributed by atoms with van der Waals surface area (Å²) >= 11 is 0. The first-order valence-corrected chi connectivity index (χ1v) is 8.91. The van der Waals surface area contributed by atoms with Gasteiger partial charge in [-0.1, -0.05) is 56.9 Å². The van der Waals surface area contributed by atoms with Crippen LogP contribution in [0.4, 0.5) is 0 Å². The third-order valence-electron chi connectivity index (χ3n) is 4.05. The van der Waals surface area contributed by atoms with Gasteiger partial charge < -0.3 is 14.6 Å². The number of methoxy groups -OCH3 is 1. The van der Waals surface area contributed by atoms with Gasteiger partial charge in [0.25, 0.3) is 0 Å². The summed E-state index contributed by atoms with van der Waals surface area (Å²) in [5.41, 5.74) is 0. The van der Waals surface area contributed by atoms with Gasteiger partial charge in [0.1, 0.15) is 12.2 Å². The lowest BCUT2D eigenvalue weighted by atomic mass is 10.0. The first kappa shape index (κ1) is 19.9. The Hall–Kier alpha value is -1.13. The SMILES string of the molecule is CC/C=C\C/C=C\[C@@H]1O[C@@H]1[C@@H](O)CCCCCCCC(=O)OC. The molecular weight excluding hydrogens is 292 g/mol. The number of esters is 1. The molecule has 1 N–H and O–H groups in total. The maximum atomic E-state index is 11.0. The summed E-state index contributed by atoms with van der Waals surface area (Å²) in [5, 5.41) is 10.1. The van der Waals surface area contributed by atoms with Crippen molar-refractivity contribution in [2.75, 3.05) is 7.11 Å². The van der Waals surface area contributed by atoms with Crippen molar-refractivity contribution in [3.8, 4) is 0 Å². The molecule has 1 aliphatic rings. The highest BCUT2D eigenvalue weighted by Crippen LogP contribution is 2.29. The van der Waals surface area contributed by atoms with Gasteiger partial charge in [-0.2, -0.15) is 0 Å². The van der Waals surface area contributed by atoms with Crippen molar-refractivity contribution in [1.29, 1.82) is 0 Å². The normalized spacial score (nSPS) is 21.9. The molecule has 0 saturated carbocycles. The van der Waals surface area contributed by atoms with Gasteiger partial charge in [0.15, 0.2) is 0 Å². The molecule has 4 nitrogen and oxygen atoms in total. The predicted octanol–water partition coefficient (Wildman–Crippen LogP) is 3.93. The van der Waals surface area contributed by atoms with E-state index in [1.165, 1.54) is 7.11 Å². The van der Waals surface area contributed by atoms with E-state index in [1.807, 2.05) is 0 Å². The molecule has 0 unspecified atom stereocenters. The van der Waals surface area contributed by atoms with E-state index in [1.54, 1.807) is 0 Å². The Morgan fingerprint density at radius 1 is 1.17 bits per heavy atom. The predicted molar refractivity (Wildman–Crippen MR) is 92.2 cm³/mol. The highest BCUT2D eigenvalue weighted by molar-refractivity contribution is 5.68. The summed E-state index contributed by atoms with van der Waals surface area (Å²) in [6.07, 6.45) is 16.6. The van der Waals surface area contributed by atoms with Crippen LogP contribution in [0.2, 0.25) is 0 Å². The fourth-order valence-corrected chi connectivity index (χ4v) is 2.57. The van der Waals surface area contributed by atoms with Crippen LogP contribution in [0, 0.1) is 0 Å². The number of aliphatic hydroxyl groups is 1. The Bertz CT molecular complexity index is 376. The summed E-state index contributed by atoms with van der Waals surface area (Å²) in [7, 11) is 1.42. The van der Waals surface area contributed by atoms with Gasteiger partial charge >= 0.3 is 5.97 Å². The van der Waals surface area contributed by atoms with Crippen molar-refractivity contribution < 1.29 is 19.4 Å². The average Bonchev–Trinajstić information content (AvgIpc) is 3.33. The molecule has 0 aromatic heterocycles. The fourth-order valence-electron chi connectivity index (χ4n) is 2.57. The number of carbonyl (C=O) groups is 1. The van der Waals surface area contributed by atoms with Gasteiger partial charge in [-0.05, 0) is 25.7 Å². The number of unbranched alkanes of at least 4 members (excludes halogenated alkanes) is 4. The van der Waals surface area contributed by atoms with E-state index in [4.69, 9.17) is 4.74 Å². The molecule has 0 aromatic rings. The second kappa shape index (κ2) is 12.3. The van der Waals surface area contributed by atoms with E-state index < -0.39 is 0 Å². The second-order valence-electron chi connectivity index (χ2n) is 6.06. The maximum absolute atomic E-state index is 11.0. The molecule has 0 radical (unpaired) electrons. The summed E-state index contributed by atoms with van der Waals surface area (Å²) in [6.45, 7) is 2.12. The number of hydrogen-bond acceptors (Lipinski definition) is 4. The maximum Gasteiger partial charge on any atom is 0.305 e. The van der Waals surface area contributed by atoms with Crippen LogP contribution in [0.1, 0.15) is 64.7 Å². The van der Waals surface area contributed by atoms with Gasteiger partial charge in [-0.25, -0.2) is 0 Å². The molecule has 1 saturated heterocycles. The minimum absolute atomic E-state index is 0.0132. The molecule has 1 fully saturated rings. The van der Waals surface area contributed by atoms with Gasteiger partial charge in [0, 0.05) is 6.42 Å². The van der Waals surface area contributed by atoms with Crippen LogP contribution < -0.4 is 0 Å². The van der Waals surface area contributed by atoms with Crippen molar-refractivity contribution in [1.82, 2.24) is 0 Å². The molecule has 0 amide bonds. The van der Waals surface area contributed by atoms with E-state index in [9.17, 15) is 9.90 Å². The van der Waals surface area contributed by atoms with Crippen LogP contribution in [0.5, 0.6) is 0 Å². The minimum Gasteiger partial charge on any atom is -0.469 e. The lowest BCUT2D eigenvalue weighted by Crippen LogP contribution is -2.16. The highest BCUT2D eigenvalue weighted by Gasteiger charge is 2.41. The van der Waals surface area contributed by atoms with E-state index >= 15 is 0 Å². The molecule has 1 aliphatic heterocycles. The van der Waals surface area contributed by atoms with Crippen molar-refractivity contribution in [2.24, 2.45) is 0 Å². The quantitative estimate of drug-likeness (QED) is 0.241. The number of carbonyl (C=O) groups excluding carboxylic acids is 1. The Balaban J connectivity index is 1.96. The lowest BCUT2D eigenvalue weighted by Gasteiger charge is -2.07. The zero-order valence-electron chi connectivity index (χ0n) is 14.6. The van der Waals surface area contributed by atoms with Crippen LogP contribution in [0.15, 0.2) is 24.3 Å². The van der Waals surface area contributed by atoms with Gasteiger partial charge in [-0.15, -0.1) is 0 Å². The Kier molecular flexibility index (Phi) is 10.7. The molecule has 0 spiro atoms. The standard InChI is InChI=1S/C19H32O4/c1-3-4-5-7-11-14-17-19(23-17)16(20)13-10-8-6-9-12-15-18(21)22-2/h4-5,11,14,16-17,19-20H,3,6-10,12-13,15H2,1-2H3/b5-4-,14-11-/t16-,17-,19+/m0/s1. The van der Waals surface area contributed by atoms with Crippen LogP contribution in [-0.4, -0.2) is 36.5 Å². The van der Waals surface area contributed by atoms with Crippen LogP contribution >= 0.6 is 0 Å². The Morgan fingerprint density at radius 2 is 1.91 bits per heavy atom. The zero-order valence-corrected chi connectivity index (χ0v) is 14.6. The highest BCUT2D eigenvalue weighted by atomic mass is 16.6. The molecule has 4 heteroatoms. The van der Waals surface area contributed by atoms with E-state index in [-0.39, 0.29) is 24.3 Å². The van der Waals surface area contributed by atoms with Crippen molar-refractivity contribution in [2.45, 2.75) is 83.0 Å². The fraction of sp³-hybridized carbons (Fsp3) is 0.737. The molecule has 3 atom stereocenters. The topological polar surface area (TPSA) is 59.1 Å². The third-order valence-corrected chi connectivity index (χ3v) is 4.05. The number of hydrogen-bond donors (Lipinski definition) is 1. The summed E-state index contributed by atoms with van der Waals surface area (Å²) in [6, 6.07) is 0. The Labute approximate surface area is 140 Å². The molecule has 0 aromatic carbocycles. The molecular formula is C19H32O4. The summed E-state index contributed by atoms with van der Waals surface area (Å²) in [4.78, 5) is 11.0. The van der Waals surface area contributed by atoms with Gasteiger partial charge in [0.05, 0.1) is 13.2 Å². The minimum atomic E-state index is -0.356. The van der Waals surface area contributed by atoms with Gasteiger partial charge in [-0.3, -0.25) is 4.79 Å². The summed E-state index contributed by atoms with van der Waals surface area (Å²) in [5.74, 6) is -0.129. The largest absolute Gasteiger partial charge is 0.469 e. The smallest absolute Gasteiger partial charge is 0.305 e. The molecule has 1 rings (SSSR count). The summed E-state index contributed by atoms with van der Waals surface area (Å²) < 4.78 is 10.1. The number of epoxide rings is 1. The number of rotatable bonds is 13. The molecule has 1 heterocycles. The number of aliphatic hydroxyl groups excluding tert-OH is 1. The van der Waals surface area contributed by atoms with Crippen LogP contribution in [-0.2, 0) is 14.3 Å². The third kappa shape index (κ3) is 9.57. The first-order chi connectivity index (χ1) is 11.2. The lowest BCUT2D eigenvalue weighted by molar-refractivity contribution is -0.140. The van der Waals surface area contributed by atoms with E-state index in [2.05, 4.69) is 36.0 Å². The first-order valence-electron chi connectivity index (χ1n) is 8.91. The average molecular weight is 324 g/mol. The Morgan fingerprint density at radius 3 is 2.65 bits per heavy atom. The number of allylic oxidation sites excluding steroid dienone is 3. The van der Waals surface area contributed by atoms with E-state index in [0.29, 0.717) is 6.42 Å². The van der Waals surface area contributed by atoms with Crippen LogP contribution in [0.3, 0.4) is 0 Å². The molecule has 0 bridgehead atoms. The zero-order chi connectivity index (χ0) is 16.9. The molecule has 132 valence electrons. The van der Waals surface area contributed by atoms with E-state index in [0.717, 1.165) is 51.4 Å². The molecule has 0 aliphatic carbocycles. The van der Waals surface area contributed by atoms with Crippen molar-refractivity contribution in [3.63, 3.8) is 0 Å². The van der Waals surface area contributed by atoms with Crippen molar-refractivity contribution in [3.05, 3.63) is 24.3 Å². The number of ether oxygens (including phenoxy) is 2. The monoisotopic (exact) mass is 324 g/mol. The van der Waals surface area contributed by atoms with Crippen molar-refractivity contribution >= 4 is 5.97 Å².